The number of nitrogens with one attached hydrogen (secondary N) is 1. The lowest BCUT2D eigenvalue weighted by Gasteiger charge is -2.11. The highest BCUT2D eigenvalue weighted by Gasteiger charge is 2.13. The SMILES string of the molecule is Cn1nnnc1Sc1ccc(Br)cc1NC(=O)c1ccc(Oc2cccnc2)cc1. The van der Waals surface area contributed by atoms with Crippen LogP contribution in [0, 0.1) is 0 Å². The Hall–Kier alpha value is -3.24. The average molecular weight is 483 g/mol. The second-order valence-corrected chi connectivity index (χ2v) is 8.02. The summed E-state index contributed by atoms with van der Waals surface area (Å²) in [5, 5.41) is 15.0. The van der Waals surface area contributed by atoms with Crippen LogP contribution in [0.1, 0.15) is 10.4 Å². The molecular weight excluding hydrogens is 468 g/mol. The van der Waals surface area contributed by atoms with Crippen LogP contribution in [0.4, 0.5) is 5.69 Å². The molecule has 4 rings (SSSR count). The summed E-state index contributed by atoms with van der Waals surface area (Å²) >= 11 is 4.81. The molecule has 1 N–H and O–H groups in total. The number of nitrogens with zero attached hydrogens (tertiary/aromatic N) is 5. The van der Waals surface area contributed by atoms with Crippen LogP contribution < -0.4 is 10.1 Å². The van der Waals surface area contributed by atoms with E-state index in [9.17, 15) is 4.79 Å². The van der Waals surface area contributed by atoms with E-state index in [1.807, 2.05) is 24.3 Å². The zero-order chi connectivity index (χ0) is 20.9. The van der Waals surface area contributed by atoms with Crippen LogP contribution in [-0.4, -0.2) is 31.1 Å². The van der Waals surface area contributed by atoms with Gasteiger partial charge in [-0.2, -0.15) is 0 Å². The molecule has 2 aromatic heterocycles. The number of aryl methyl sites for hydroxylation is 1. The first-order chi connectivity index (χ1) is 14.6. The van der Waals surface area contributed by atoms with Gasteiger partial charge in [0.05, 0.1) is 11.9 Å². The summed E-state index contributed by atoms with van der Waals surface area (Å²) in [5.74, 6) is 1.01. The fourth-order valence-corrected chi connectivity index (χ4v) is 3.67. The second kappa shape index (κ2) is 9.06. The Labute approximate surface area is 184 Å². The number of carbonyl (C=O) groups excluding carboxylic acids is 1. The lowest BCUT2D eigenvalue weighted by Crippen LogP contribution is -2.12. The Balaban J connectivity index is 1.49. The first kappa shape index (κ1) is 20.0. The molecule has 150 valence electrons. The maximum Gasteiger partial charge on any atom is 0.255 e. The van der Waals surface area contributed by atoms with Gasteiger partial charge in [-0.25, -0.2) is 4.68 Å². The number of aromatic nitrogens is 5. The van der Waals surface area contributed by atoms with Crippen molar-refractivity contribution in [1.29, 1.82) is 0 Å². The smallest absolute Gasteiger partial charge is 0.255 e. The fourth-order valence-electron chi connectivity index (χ4n) is 2.51. The Morgan fingerprint density at radius 2 is 1.97 bits per heavy atom. The van der Waals surface area contributed by atoms with Crippen molar-refractivity contribution in [2.45, 2.75) is 10.1 Å². The second-order valence-electron chi connectivity index (χ2n) is 6.10. The minimum absolute atomic E-state index is 0.237. The van der Waals surface area contributed by atoms with Gasteiger partial charge in [0.15, 0.2) is 0 Å². The summed E-state index contributed by atoms with van der Waals surface area (Å²) in [6.45, 7) is 0. The predicted molar refractivity (Wildman–Crippen MR) is 116 cm³/mol. The number of amides is 1. The molecule has 0 atom stereocenters. The number of hydrogen-bond donors (Lipinski definition) is 1. The minimum Gasteiger partial charge on any atom is -0.456 e. The molecule has 0 saturated heterocycles. The maximum atomic E-state index is 12.8. The van der Waals surface area contributed by atoms with Crippen LogP contribution in [0.15, 0.2) is 81.5 Å². The van der Waals surface area contributed by atoms with Crippen molar-refractivity contribution in [3.8, 4) is 11.5 Å². The van der Waals surface area contributed by atoms with Gasteiger partial charge in [-0.15, -0.1) is 5.10 Å². The standard InChI is InChI=1S/C20H15BrN6O2S/c1-27-20(24-25-26-27)30-18-9-6-14(21)11-17(18)23-19(28)13-4-7-15(8-5-13)29-16-3-2-10-22-12-16/h2-12H,1H3,(H,23,28). The van der Waals surface area contributed by atoms with Gasteiger partial charge in [0.25, 0.3) is 5.91 Å². The van der Waals surface area contributed by atoms with Crippen molar-refractivity contribution in [2.24, 2.45) is 7.05 Å². The first-order valence-electron chi connectivity index (χ1n) is 8.77. The summed E-state index contributed by atoms with van der Waals surface area (Å²) in [7, 11) is 1.76. The van der Waals surface area contributed by atoms with Crippen LogP contribution >= 0.6 is 27.7 Å². The number of tetrazole rings is 1. The molecule has 0 unspecified atom stereocenters. The molecule has 2 aromatic carbocycles. The maximum absolute atomic E-state index is 12.8. The third-order valence-electron chi connectivity index (χ3n) is 3.96. The van der Waals surface area contributed by atoms with Gasteiger partial charge in [0, 0.05) is 28.2 Å². The van der Waals surface area contributed by atoms with E-state index >= 15 is 0 Å². The van der Waals surface area contributed by atoms with Crippen molar-refractivity contribution >= 4 is 39.3 Å². The lowest BCUT2D eigenvalue weighted by atomic mass is 10.2. The van der Waals surface area contributed by atoms with Crippen molar-refractivity contribution < 1.29 is 9.53 Å². The number of halogens is 1. The molecule has 1 amide bonds. The highest BCUT2D eigenvalue weighted by atomic mass is 79.9. The van der Waals surface area contributed by atoms with E-state index < -0.39 is 0 Å². The van der Waals surface area contributed by atoms with E-state index in [0.29, 0.717) is 27.9 Å². The van der Waals surface area contributed by atoms with Crippen molar-refractivity contribution in [3.63, 3.8) is 0 Å². The number of pyridine rings is 1. The highest BCUT2D eigenvalue weighted by Crippen LogP contribution is 2.34. The van der Waals surface area contributed by atoms with E-state index in [1.165, 1.54) is 11.8 Å². The van der Waals surface area contributed by atoms with Crippen molar-refractivity contribution in [2.75, 3.05) is 5.32 Å². The first-order valence-corrected chi connectivity index (χ1v) is 10.4. The van der Waals surface area contributed by atoms with E-state index in [2.05, 4.69) is 41.8 Å². The number of rotatable bonds is 6. The molecule has 0 aliphatic rings. The number of benzene rings is 2. The van der Waals surface area contributed by atoms with Crippen LogP contribution in [-0.2, 0) is 7.05 Å². The fraction of sp³-hybridized carbons (Fsp3) is 0.0500. The summed E-state index contributed by atoms with van der Waals surface area (Å²) in [5.41, 5.74) is 1.16. The van der Waals surface area contributed by atoms with Gasteiger partial charge < -0.3 is 10.1 Å². The van der Waals surface area contributed by atoms with Crippen LogP contribution in [0.2, 0.25) is 0 Å². The van der Waals surface area contributed by atoms with Gasteiger partial charge >= 0.3 is 0 Å². The molecule has 30 heavy (non-hydrogen) atoms. The number of hydrogen-bond acceptors (Lipinski definition) is 7. The lowest BCUT2D eigenvalue weighted by molar-refractivity contribution is 0.102. The van der Waals surface area contributed by atoms with Gasteiger partial charge in [-0.1, -0.05) is 15.9 Å². The van der Waals surface area contributed by atoms with Crippen LogP contribution in [0.3, 0.4) is 0 Å². The normalized spacial score (nSPS) is 10.6. The molecular formula is C20H15BrN6O2S. The Kier molecular flexibility index (Phi) is 6.05. The van der Waals surface area contributed by atoms with Crippen molar-refractivity contribution in [1.82, 2.24) is 25.2 Å². The molecule has 2 heterocycles. The molecule has 0 saturated carbocycles. The third-order valence-corrected chi connectivity index (χ3v) is 5.56. The van der Waals surface area contributed by atoms with Gasteiger partial charge in [-0.05, 0) is 76.8 Å². The molecule has 0 fully saturated rings. The monoisotopic (exact) mass is 482 g/mol. The van der Waals surface area contributed by atoms with Gasteiger partial charge in [-0.3, -0.25) is 9.78 Å². The molecule has 4 aromatic rings. The Morgan fingerprint density at radius 3 is 2.67 bits per heavy atom. The summed E-state index contributed by atoms with van der Waals surface area (Å²) in [4.78, 5) is 17.6. The van der Waals surface area contributed by atoms with Crippen molar-refractivity contribution in [3.05, 3.63) is 77.0 Å². The summed E-state index contributed by atoms with van der Waals surface area (Å²) < 4.78 is 8.13. The zero-order valence-corrected chi connectivity index (χ0v) is 18.1. The van der Waals surface area contributed by atoms with Crippen LogP contribution in [0.5, 0.6) is 11.5 Å². The van der Waals surface area contributed by atoms with Gasteiger partial charge in [0.1, 0.15) is 11.5 Å². The zero-order valence-electron chi connectivity index (χ0n) is 15.7. The molecule has 8 nitrogen and oxygen atoms in total. The van der Waals surface area contributed by atoms with E-state index in [0.717, 1.165) is 9.37 Å². The minimum atomic E-state index is -0.237. The summed E-state index contributed by atoms with van der Waals surface area (Å²) in [6.07, 6.45) is 3.30. The molecule has 0 bridgehead atoms. The predicted octanol–water partition coefficient (Wildman–Crippen LogP) is 4.56. The van der Waals surface area contributed by atoms with Gasteiger partial charge in [0.2, 0.25) is 5.16 Å². The molecule has 0 spiro atoms. The molecule has 0 radical (unpaired) electrons. The quantitative estimate of drug-likeness (QED) is 0.430. The third kappa shape index (κ3) is 4.84. The number of carbonyl (C=O) groups is 1. The highest BCUT2D eigenvalue weighted by molar-refractivity contribution is 9.10. The van der Waals surface area contributed by atoms with E-state index in [1.54, 1.807) is 54.5 Å². The Morgan fingerprint density at radius 1 is 1.13 bits per heavy atom. The van der Waals surface area contributed by atoms with Crippen LogP contribution in [0.25, 0.3) is 0 Å². The summed E-state index contributed by atoms with van der Waals surface area (Å²) in [6, 6.07) is 16.1. The molecule has 0 aliphatic heterocycles. The Bertz CT molecular complexity index is 1170. The van der Waals surface area contributed by atoms with E-state index in [-0.39, 0.29) is 5.91 Å². The molecule has 10 heteroatoms. The molecule has 0 aliphatic carbocycles. The number of anilines is 1. The largest absolute Gasteiger partial charge is 0.456 e. The average Bonchev–Trinajstić information content (AvgIpc) is 3.16. The topological polar surface area (TPSA) is 94.8 Å². The van der Waals surface area contributed by atoms with E-state index in [4.69, 9.17) is 4.74 Å². The number of ether oxygens (including phenoxy) is 1.